The van der Waals surface area contributed by atoms with Crippen molar-refractivity contribution in [2.24, 2.45) is 12.8 Å². The van der Waals surface area contributed by atoms with Crippen LogP contribution >= 0.6 is 0 Å². The van der Waals surface area contributed by atoms with Crippen molar-refractivity contribution in [2.45, 2.75) is 25.3 Å². The topological polar surface area (TPSA) is 89.1 Å². The van der Waals surface area contributed by atoms with Crippen molar-refractivity contribution in [3.63, 3.8) is 0 Å². The average Bonchev–Trinajstić information content (AvgIpc) is 2.96. The highest BCUT2D eigenvalue weighted by Gasteiger charge is 2.22. The second-order valence-electron chi connectivity index (χ2n) is 7.53. The Labute approximate surface area is 174 Å². The molecule has 30 heavy (non-hydrogen) atoms. The standard InChI is InChI=1S/C22H25FN6O/c1-28-22(29-12-5-6-15(24)11-13-29)20(14-25-28)27-21(30)19-10-4-9-18(26-19)16-7-2-3-8-17(16)23/h2-4,7-10,14-15H,5-6,11-13,24H2,1H3,(H,27,30). The summed E-state index contributed by atoms with van der Waals surface area (Å²) in [6.07, 6.45) is 4.51. The van der Waals surface area contributed by atoms with Crippen molar-refractivity contribution >= 4 is 17.4 Å². The summed E-state index contributed by atoms with van der Waals surface area (Å²) in [6.45, 7) is 1.67. The van der Waals surface area contributed by atoms with E-state index in [2.05, 4.69) is 20.3 Å². The zero-order valence-electron chi connectivity index (χ0n) is 16.9. The van der Waals surface area contributed by atoms with Gasteiger partial charge in [0.15, 0.2) is 5.82 Å². The Morgan fingerprint density at radius 2 is 2.00 bits per heavy atom. The molecule has 1 saturated heterocycles. The van der Waals surface area contributed by atoms with Gasteiger partial charge in [0.05, 0.1) is 11.9 Å². The molecule has 1 fully saturated rings. The largest absolute Gasteiger partial charge is 0.355 e. The van der Waals surface area contributed by atoms with Crippen LogP contribution in [0.5, 0.6) is 0 Å². The number of nitrogens with one attached hydrogen (secondary N) is 1. The molecule has 1 aliphatic heterocycles. The SMILES string of the molecule is Cn1ncc(NC(=O)c2cccc(-c3ccccc3F)n2)c1N1CCCC(N)CC1. The minimum absolute atomic E-state index is 0.201. The molecule has 0 bridgehead atoms. The van der Waals surface area contributed by atoms with E-state index in [1.165, 1.54) is 6.07 Å². The molecule has 1 amide bonds. The van der Waals surface area contributed by atoms with Crippen molar-refractivity contribution in [3.05, 3.63) is 60.2 Å². The molecular weight excluding hydrogens is 383 g/mol. The van der Waals surface area contributed by atoms with Gasteiger partial charge in [0.25, 0.3) is 5.91 Å². The van der Waals surface area contributed by atoms with Crippen molar-refractivity contribution in [3.8, 4) is 11.3 Å². The highest BCUT2D eigenvalue weighted by Crippen LogP contribution is 2.28. The summed E-state index contributed by atoms with van der Waals surface area (Å²) in [7, 11) is 1.85. The molecule has 2 aromatic heterocycles. The third-order valence-electron chi connectivity index (χ3n) is 5.36. The first-order chi connectivity index (χ1) is 14.5. The van der Waals surface area contributed by atoms with Crippen LogP contribution in [0.15, 0.2) is 48.7 Å². The summed E-state index contributed by atoms with van der Waals surface area (Å²) in [5, 5.41) is 7.24. The molecule has 156 valence electrons. The van der Waals surface area contributed by atoms with Gasteiger partial charge in [0.2, 0.25) is 0 Å². The van der Waals surface area contributed by atoms with Gasteiger partial charge < -0.3 is 16.0 Å². The number of rotatable bonds is 4. The number of hydrogen-bond donors (Lipinski definition) is 2. The van der Waals surface area contributed by atoms with E-state index in [4.69, 9.17) is 5.73 Å². The normalized spacial score (nSPS) is 16.9. The lowest BCUT2D eigenvalue weighted by atomic mass is 10.1. The fourth-order valence-corrected chi connectivity index (χ4v) is 3.79. The van der Waals surface area contributed by atoms with Gasteiger partial charge in [-0.05, 0) is 43.5 Å². The Hall–Kier alpha value is -3.26. The fourth-order valence-electron chi connectivity index (χ4n) is 3.79. The van der Waals surface area contributed by atoms with E-state index in [-0.39, 0.29) is 23.5 Å². The van der Waals surface area contributed by atoms with Crippen LogP contribution < -0.4 is 16.0 Å². The number of benzene rings is 1. The minimum atomic E-state index is -0.378. The Morgan fingerprint density at radius 1 is 1.17 bits per heavy atom. The van der Waals surface area contributed by atoms with E-state index in [9.17, 15) is 9.18 Å². The van der Waals surface area contributed by atoms with Crippen molar-refractivity contribution in [2.75, 3.05) is 23.3 Å². The van der Waals surface area contributed by atoms with Crippen LogP contribution in [0.3, 0.4) is 0 Å². The van der Waals surface area contributed by atoms with Gasteiger partial charge in [-0.15, -0.1) is 0 Å². The van der Waals surface area contributed by atoms with Crippen LogP contribution in [-0.2, 0) is 7.05 Å². The summed E-state index contributed by atoms with van der Waals surface area (Å²) < 4.78 is 15.9. The second kappa shape index (κ2) is 8.62. The zero-order chi connectivity index (χ0) is 21.1. The Balaban J connectivity index is 1.57. The number of carbonyl (C=O) groups excluding carboxylic acids is 1. The fraction of sp³-hybridized carbons (Fsp3) is 0.318. The lowest BCUT2D eigenvalue weighted by Crippen LogP contribution is -2.29. The first-order valence-corrected chi connectivity index (χ1v) is 10.1. The van der Waals surface area contributed by atoms with Crippen LogP contribution in [0, 0.1) is 5.82 Å². The molecule has 7 nitrogen and oxygen atoms in total. The maximum Gasteiger partial charge on any atom is 0.274 e. The van der Waals surface area contributed by atoms with E-state index >= 15 is 0 Å². The van der Waals surface area contributed by atoms with Crippen LogP contribution in [-0.4, -0.2) is 39.8 Å². The van der Waals surface area contributed by atoms with Crippen LogP contribution in [0.2, 0.25) is 0 Å². The predicted molar refractivity (Wildman–Crippen MR) is 115 cm³/mol. The molecule has 8 heteroatoms. The number of halogens is 1. The maximum atomic E-state index is 14.1. The van der Waals surface area contributed by atoms with Crippen LogP contribution in [0.4, 0.5) is 15.9 Å². The summed E-state index contributed by atoms with van der Waals surface area (Å²) in [5.41, 5.74) is 7.70. The number of anilines is 2. The number of nitrogens with two attached hydrogens (primary N) is 1. The van der Waals surface area contributed by atoms with Gasteiger partial charge >= 0.3 is 0 Å². The third kappa shape index (κ3) is 4.18. The third-order valence-corrected chi connectivity index (χ3v) is 5.36. The van der Waals surface area contributed by atoms with Crippen molar-refractivity contribution in [1.29, 1.82) is 0 Å². The molecule has 1 atom stereocenters. The number of aryl methyl sites for hydroxylation is 1. The summed E-state index contributed by atoms with van der Waals surface area (Å²) in [5.74, 6) is 0.105. The maximum absolute atomic E-state index is 14.1. The lowest BCUT2D eigenvalue weighted by molar-refractivity contribution is 0.102. The number of nitrogens with zero attached hydrogens (tertiary/aromatic N) is 4. The summed E-state index contributed by atoms with van der Waals surface area (Å²) in [4.78, 5) is 19.5. The van der Waals surface area contributed by atoms with Gasteiger partial charge in [-0.25, -0.2) is 9.37 Å². The van der Waals surface area contributed by atoms with Gasteiger partial charge in [-0.1, -0.05) is 18.2 Å². The number of pyridine rings is 1. The molecule has 0 spiro atoms. The second-order valence-corrected chi connectivity index (χ2v) is 7.53. The first kappa shape index (κ1) is 20.0. The predicted octanol–water partition coefficient (Wildman–Crippen LogP) is 3.19. The number of aromatic nitrogens is 3. The minimum Gasteiger partial charge on any atom is -0.355 e. The lowest BCUT2D eigenvalue weighted by Gasteiger charge is -2.24. The summed E-state index contributed by atoms with van der Waals surface area (Å²) >= 11 is 0. The van der Waals surface area contributed by atoms with E-state index in [0.717, 1.165) is 38.2 Å². The van der Waals surface area contributed by atoms with E-state index in [1.54, 1.807) is 47.3 Å². The molecule has 3 aromatic rings. The van der Waals surface area contributed by atoms with Crippen molar-refractivity contribution in [1.82, 2.24) is 14.8 Å². The molecule has 4 rings (SSSR count). The van der Waals surface area contributed by atoms with E-state index in [0.29, 0.717) is 16.9 Å². The molecule has 0 radical (unpaired) electrons. The molecule has 3 heterocycles. The zero-order valence-corrected chi connectivity index (χ0v) is 16.9. The highest BCUT2D eigenvalue weighted by molar-refractivity contribution is 6.04. The molecule has 1 aromatic carbocycles. The number of carbonyl (C=O) groups is 1. The average molecular weight is 408 g/mol. The Kier molecular flexibility index (Phi) is 5.76. The van der Waals surface area contributed by atoms with Gasteiger partial charge in [-0.2, -0.15) is 5.10 Å². The molecule has 0 saturated carbocycles. The first-order valence-electron chi connectivity index (χ1n) is 10.1. The van der Waals surface area contributed by atoms with Gasteiger partial charge in [0.1, 0.15) is 17.2 Å². The Bertz CT molecular complexity index is 1050. The van der Waals surface area contributed by atoms with Gasteiger partial charge in [0, 0.05) is 31.7 Å². The number of hydrogen-bond acceptors (Lipinski definition) is 5. The quantitative estimate of drug-likeness (QED) is 0.692. The van der Waals surface area contributed by atoms with E-state index < -0.39 is 0 Å². The molecule has 1 unspecified atom stereocenters. The molecule has 0 aliphatic carbocycles. The summed E-state index contributed by atoms with van der Waals surface area (Å²) in [6, 6.07) is 11.6. The van der Waals surface area contributed by atoms with Crippen LogP contribution in [0.1, 0.15) is 29.8 Å². The molecular formula is C22H25FN6O. The number of amides is 1. The highest BCUT2D eigenvalue weighted by atomic mass is 19.1. The monoisotopic (exact) mass is 408 g/mol. The van der Waals surface area contributed by atoms with E-state index in [1.807, 2.05) is 7.05 Å². The van der Waals surface area contributed by atoms with Crippen molar-refractivity contribution < 1.29 is 9.18 Å². The van der Waals surface area contributed by atoms with Crippen LogP contribution in [0.25, 0.3) is 11.3 Å². The molecule has 3 N–H and O–H groups in total. The Morgan fingerprint density at radius 3 is 2.83 bits per heavy atom. The smallest absolute Gasteiger partial charge is 0.274 e. The van der Waals surface area contributed by atoms with Gasteiger partial charge in [-0.3, -0.25) is 9.48 Å². The molecule has 1 aliphatic rings.